The molecule has 0 aliphatic carbocycles. The van der Waals surface area contributed by atoms with Crippen LogP contribution < -0.4 is 0 Å². The number of hydrogen-bond acceptors (Lipinski definition) is 3. The summed E-state index contributed by atoms with van der Waals surface area (Å²) in [6, 6.07) is 19.0. The lowest BCUT2D eigenvalue weighted by molar-refractivity contribution is 0.0527. The van der Waals surface area contributed by atoms with Gasteiger partial charge in [-0.1, -0.05) is 42.5 Å². The summed E-state index contributed by atoms with van der Waals surface area (Å²) < 4.78 is 7.24. The molecule has 0 aliphatic heterocycles. The van der Waals surface area contributed by atoms with Gasteiger partial charge in [0, 0.05) is 16.9 Å². The number of aryl methyl sites for hydroxylation is 1. The van der Waals surface area contributed by atoms with Gasteiger partial charge in [-0.15, -0.1) is 0 Å². The van der Waals surface area contributed by atoms with Crippen molar-refractivity contribution in [2.45, 2.75) is 20.8 Å². The summed E-state index contributed by atoms with van der Waals surface area (Å²) in [4.78, 5) is 24.3. The van der Waals surface area contributed by atoms with Crippen molar-refractivity contribution in [2.24, 2.45) is 0 Å². The number of aromatic nitrogens is 1. The topological polar surface area (TPSA) is 48.3 Å². The first-order valence-corrected chi connectivity index (χ1v) is 8.59. The molecule has 0 saturated heterocycles. The van der Waals surface area contributed by atoms with Gasteiger partial charge in [-0.05, 0) is 44.5 Å². The molecule has 0 aliphatic rings. The van der Waals surface area contributed by atoms with E-state index in [1.54, 1.807) is 19.9 Å². The van der Waals surface area contributed by atoms with Gasteiger partial charge in [0.1, 0.15) is 0 Å². The van der Waals surface area contributed by atoms with Gasteiger partial charge in [0.25, 0.3) is 0 Å². The van der Waals surface area contributed by atoms with E-state index in [2.05, 4.69) is 0 Å². The molecular formula is C22H21NO3. The number of nitrogens with zero attached hydrogens (tertiary/aromatic N) is 1. The van der Waals surface area contributed by atoms with Crippen molar-refractivity contribution < 1.29 is 14.3 Å². The van der Waals surface area contributed by atoms with E-state index >= 15 is 0 Å². The van der Waals surface area contributed by atoms with E-state index in [-0.39, 0.29) is 11.8 Å². The predicted molar refractivity (Wildman–Crippen MR) is 102 cm³/mol. The van der Waals surface area contributed by atoms with Crippen molar-refractivity contribution in [1.82, 2.24) is 4.57 Å². The number of ether oxygens (including phenoxy) is 1. The van der Waals surface area contributed by atoms with Crippen molar-refractivity contribution in [1.29, 1.82) is 0 Å². The molecule has 4 nitrogen and oxygen atoms in total. The van der Waals surface area contributed by atoms with E-state index in [9.17, 15) is 9.59 Å². The molecule has 0 bridgehead atoms. The number of hydrogen-bond donors (Lipinski definition) is 0. The Morgan fingerprint density at radius 3 is 2.38 bits per heavy atom. The molecule has 2 aromatic carbocycles. The highest BCUT2D eigenvalue weighted by molar-refractivity contribution is 5.98. The molecule has 0 saturated carbocycles. The summed E-state index contributed by atoms with van der Waals surface area (Å²) in [5, 5.41) is 0. The highest BCUT2D eigenvalue weighted by Gasteiger charge is 2.22. The minimum absolute atomic E-state index is 0.00327. The Balaban J connectivity index is 2.27. The van der Waals surface area contributed by atoms with Crippen LogP contribution in [0.2, 0.25) is 0 Å². The lowest BCUT2D eigenvalue weighted by atomic mass is 10.1. The highest BCUT2D eigenvalue weighted by Crippen LogP contribution is 2.31. The molecule has 0 N–H and O–H groups in total. The number of carbonyl (C=O) groups excluding carboxylic acids is 2. The van der Waals surface area contributed by atoms with Crippen LogP contribution in [0.4, 0.5) is 0 Å². The molecule has 132 valence electrons. The number of carbonyl (C=O) groups is 2. The Morgan fingerprint density at radius 1 is 1.00 bits per heavy atom. The second-order valence-electron chi connectivity index (χ2n) is 6.08. The van der Waals surface area contributed by atoms with Gasteiger partial charge in [-0.3, -0.25) is 4.79 Å². The first-order valence-electron chi connectivity index (χ1n) is 8.59. The zero-order valence-electron chi connectivity index (χ0n) is 15.2. The van der Waals surface area contributed by atoms with Crippen molar-refractivity contribution in [3.8, 4) is 16.9 Å². The molecule has 3 rings (SSSR count). The fraction of sp³-hybridized carbons (Fsp3) is 0.182. The third kappa shape index (κ3) is 3.31. The largest absolute Gasteiger partial charge is 0.462 e. The normalized spacial score (nSPS) is 10.6. The summed E-state index contributed by atoms with van der Waals surface area (Å²) in [5.41, 5.74) is 4.56. The van der Waals surface area contributed by atoms with E-state index < -0.39 is 0 Å². The molecule has 0 radical (unpaired) electrons. The third-order valence-electron chi connectivity index (χ3n) is 4.24. The SMILES string of the molecule is CCOC(=O)c1cc(C)n(-c2cccc(C(C)=O)c2)c1-c1ccccc1. The number of esters is 1. The monoisotopic (exact) mass is 347 g/mol. The quantitative estimate of drug-likeness (QED) is 0.490. The van der Waals surface area contributed by atoms with Crippen LogP contribution >= 0.6 is 0 Å². The summed E-state index contributed by atoms with van der Waals surface area (Å²) >= 11 is 0. The maximum atomic E-state index is 12.5. The summed E-state index contributed by atoms with van der Waals surface area (Å²) in [6.07, 6.45) is 0. The Bertz CT molecular complexity index is 955. The molecule has 1 aromatic heterocycles. The molecule has 0 spiro atoms. The Morgan fingerprint density at radius 2 is 1.73 bits per heavy atom. The van der Waals surface area contributed by atoms with Crippen LogP contribution in [-0.2, 0) is 4.74 Å². The smallest absolute Gasteiger partial charge is 0.340 e. The average Bonchev–Trinajstić information content (AvgIpc) is 3.00. The molecule has 1 heterocycles. The van der Waals surface area contributed by atoms with Gasteiger partial charge in [0.2, 0.25) is 0 Å². The Labute approximate surface area is 153 Å². The molecule has 4 heteroatoms. The number of Topliss-reactive ketones (excluding diaryl/α,β-unsaturated/α-hetero) is 1. The summed E-state index contributed by atoms with van der Waals surface area (Å²) in [5.74, 6) is -0.348. The number of rotatable bonds is 5. The lowest BCUT2D eigenvalue weighted by Crippen LogP contribution is -2.07. The van der Waals surface area contributed by atoms with Crippen molar-refractivity contribution in [2.75, 3.05) is 6.61 Å². The number of benzene rings is 2. The molecule has 0 unspecified atom stereocenters. The van der Waals surface area contributed by atoms with E-state index in [0.717, 1.165) is 22.6 Å². The Hall–Kier alpha value is -3.14. The van der Waals surface area contributed by atoms with Crippen LogP contribution in [0.3, 0.4) is 0 Å². The minimum atomic E-state index is -0.351. The maximum absolute atomic E-state index is 12.5. The third-order valence-corrected chi connectivity index (χ3v) is 4.24. The summed E-state index contributed by atoms with van der Waals surface area (Å²) in [6.45, 7) is 5.59. The second-order valence-corrected chi connectivity index (χ2v) is 6.08. The van der Waals surface area contributed by atoms with E-state index in [1.807, 2.05) is 66.1 Å². The zero-order valence-corrected chi connectivity index (χ0v) is 15.2. The van der Waals surface area contributed by atoms with E-state index in [4.69, 9.17) is 4.74 Å². The van der Waals surface area contributed by atoms with Gasteiger partial charge in [-0.25, -0.2) is 4.79 Å². The van der Waals surface area contributed by atoms with Crippen LogP contribution in [0.25, 0.3) is 16.9 Å². The van der Waals surface area contributed by atoms with E-state index in [0.29, 0.717) is 17.7 Å². The fourth-order valence-corrected chi connectivity index (χ4v) is 3.08. The standard InChI is InChI=1S/C22H21NO3/c1-4-26-22(25)20-13-15(2)23(21(20)17-9-6-5-7-10-17)19-12-8-11-18(14-19)16(3)24/h5-14H,4H2,1-3H3. The van der Waals surface area contributed by atoms with E-state index in [1.165, 1.54) is 0 Å². The van der Waals surface area contributed by atoms with Crippen LogP contribution in [0, 0.1) is 6.92 Å². The van der Waals surface area contributed by atoms with Gasteiger partial charge >= 0.3 is 5.97 Å². The number of ketones is 1. The fourth-order valence-electron chi connectivity index (χ4n) is 3.08. The van der Waals surface area contributed by atoms with Gasteiger partial charge in [0.15, 0.2) is 5.78 Å². The molecule has 0 amide bonds. The average molecular weight is 347 g/mol. The van der Waals surface area contributed by atoms with Crippen LogP contribution in [0.5, 0.6) is 0 Å². The zero-order chi connectivity index (χ0) is 18.7. The van der Waals surface area contributed by atoms with Crippen molar-refractivity contribution in [3.63, 3.8) is 0 Å². The molecule has 26 heavy (non-hydrogen) atoms. The van der Waals surface area contributed by atoms with Crippen molar-refractivity contribution >= 4 is 11.8 Å². The minimum Gasteiger partial charge on any atom is -0.462 e. The van der Waals surface area contributed by atoms with Crippen LogP contribution in [0.15, 0.2) is 60.7 Å². The first kappa shape index (κ1) is 17.7. The molecule has 3 aromatic rings. The van der Waals surface area contributed by atoms with Gasteiger partial charge in [-0.2, -0.15) is 0 Å². The second kappa shape index (κ2) is 7.40. The lowest BCUT2D eigenvalue weighted by Gasteiger charge is -2.14. The first-order chi connectivity index (χ1) is 12.5. The van der Waals surface area contributed by atoms with Gasteiger partial charge in [0.05, 0.1) is 17.9 Å². The summed E-state index contributed by atoms with van der Waals surface area (Å²) in [7, 11) is 0. The van der Waals surface area contributed by atoms with Crippen LogP contribution in [-0.4, -0.2) is 22.9 Å². The van der Waals surface area contributed by atoms with Crippen LogP contribution in [0.1, 0.15) is 40.3 Å². The van der Waals surface area contributed by atoms with Crippen molar-refractivity contribution in [3.05, 3.63) is 77.5 Å². The maximum Gasteiger partial charge on any atom is 0.340 e. The Kier molecular flexibility index (Phi) is 5.03. The molecule has 0 fully saturated rings. The molecular weight excluding hydrogens is 326 g/mol. The highest BCUT2D eigenvalue weighted by atomic mass is 16.5. The molecule has 0 atom stereocenters. The predicted octanol–water partition coefficient (Wildman–Crippen LogP) is 4.83. The van der Waals surface area contributed by atoms with Gasteiger partial charge < -0.3 is 9.30 Å².